The number of phenolic OH excluding ortho intramolecular Hbond substituents is 1. The van der Waals surface area contributed by atoms with Crippen molar-refractivity contribution in [1.29, 1.82) is 0 Å². The first kappa shape index (κ1) is 21.3. The van der Waals surface area contributed by atoms with E-state index in [-0.39, 0.29) is 24.3 Å². The van der Waals surface area contributed by atoms with E-state index in [4.69, 9.17) is 4.74 Å². The monoisotopic (exact) mass is 461 g/mol. The molecule has 3 aromatic rings. The first-order valence-electron chi connectivity index (χ1n) is 10.6. The number of alkyl halides is 2. The summed E-state index contributed by atoms with van der Waals surface area (Å²) in [5.74, 6) is 0.0638. The molecule has 0 spiro atoms. The first-order chi connectivity index (χ1) is 15.2. The van der Waals surface area contributed by atoms with E-state index in [1.165, 1.54) is 11.3 Å². The fourth-order valence-electron chi connectivity index (χ4n) is 4.90. The van der Waals surface area contributed by atoms with Gasteiger partial charge in [-0.3, -0.25) is 4.90 Å². The lowest BCUT2D eigenvalue weighted by molar-refractivity contribution is -0.126. The lowest BCUT2D eigenvalue weighted by atomic mass is 9.72. The molecule has 2 aliphatic heterocycles. The van der Waals surface area contributed by atoms with Crippen LogP contribution in [-0.2, 0) is 0 Å². The largest absolute Gasteiger partial charge is 0.507 e. The molecule has 2 fully saturated rings. The number of nitrogens with zero attached hydrogens (tertiary/aromatic N) is 5. The van der Waals surface area contributed by atoms with Crippen molar-refractivity contribution in [2.75, 3.05) is 7.05 Å². The van der Waals surface area contributed by atoms with E-state index in [1.807, 2.05) is 37.2 Å². The SMILES string of the molecule is Cc1ccn(-c2ccc(-c3nnc(OC4CC5CC(F)C(F)C(C)(C4)N5C)s3)c(O)c2)n1. The van der Waals surface area contributed by atoms with Crippen molar-refractivity contribution in [2.24, 2.45) is 0 Å². The standard InChI is InChI=1S/C22H25F2N5O2S/c1-12-6-7-29(27-12)13-4-5-16(18(30)10-13)20-25-26-21(32-20)31-15-8-14-9-17(23)19(24)22(2,11-15)28(14)3/h4-7,10,14-15,17,19,30H,8-9,11H2,1-3H3. The predicted molar refractivity (Wildman–Crippen MR) is 117 cm³/mol. The number of halogens is 2. The van der Waals surface area contributed by atoms with Crippen molar-refractivity contribution in [3.8, 4) is 27.2 Å². The molecule has 0 radical (unpaired) electrons. The van der Waals surface area contributed by atoms with Crippen molar-refractivity contribution < 1.29 is 18.6 Å². The van der Waals surface area contributed by atoms with Gasteiger partial charge in [0.25, 0.3) is 5.19 Å². The number of rotatable bonds is 4. The molecule has 0 amide bonds. The number of benzene rings is 1. The fraction of sp³-hybridized carbons (Fsp3) is 0.500. The Labute approximate surface area is 188 Å². The molecule has 0 aliphatic carbocycles. The maximum Gasteiger partial charge on any atom is 0.294 e. The zero-order chi connectivity index (χ0) is 22.6. The highest BCUT2D eigenvalue weighted by molar-refractivity contribution is 7.16. The van der Waals surface area contributed by atoms with Crippen molar-refractivity contribution in [2.45, 2.75) is 63.1 Å². The third-order valence-corrected chi connectivity index (χ3v) is 7.66. The highest BCUT2D eigenvalue weighted by Crippen LogP contribution is 2.45. The van der Waals surface area contributed by atoms with Crippen LogP contribution in [0.4, 0.5) is 8.78 Å². The Hall–Kier alpha value is -2.59. The van der Waals surface area contributed by atoms with Crippen molar-refractivity contribution in [3.05, 3.63) is 36.2 Å². The second-order valence-electron chi connectivity index (χ2n) is 8.93. The smallest absolute Gasteiger partial charge is 0.294 e. The molecule has 1 aromatic carbocycles. The Morgan fingerprint density at radius 2 is 2.03 bits per heavy atom. The van der Waals surface area contributed by atoms with Crippen LogP contribution in [0.3, 0.4) is 0 Å². The van der Waals surface area contributed by atoms with Crippen LogP contribution >= 0.6 is 11.3 Å². The minimum atomic E-state index is -1.55. The summed E-state index contributed by atoms with van der Waals surface area (Å²) in [6.45, 7) is 3.66. The molecule has 2 aromatic heterocycles. The minimum Gasteiger partial charge on any atom is -0.507 e. The average molecular weight is 462 g/mol. The van der Waals surface area contributed by atoms with Crippen LogP contribution in [0.1, 0.15) is 31.9 Å². The van der Waals surface area contributed by atoms with Crippen LogP contribution in [0.5, 0.6) is 10.9 Å². The normalized spacial score (nSPS) is 30.4. The van der Waals surface area contributed by atoms with Gasteiger partial charge in [-0.05, 0) is 45.5 Å². The van der Waals surface area contributed by atoms with Gasteiger partial charge in [-0.25, -0.2) is 13.5 Å². The average Bonchev–Trinajstić information content (AvgIpc) is 3.39. The summed E-state index contributed by atoms with van der Waals surface area (Å²) in [6, 6.07) is 7.04. The Morgan fingerprint density at radius 1 is 1.22 bits per heavy atom. The number of piperidine rings is 2. The third-order valence-electron chi connectivity index (χ3n) is 6.81. The van der Waals surface area contributed by atoms with Gasteiger partial charge in [0.15, 0.2) is 5.01 Å². The summed E-state index contributed by atoms with van der Waals surface area (Å²) in [7, 11) is 1.86. The van der Waals surface area contributed by atoms with Crippen molar-refractivity contribution in [1.82, 2.24) is 24.9 Å². The fourth-order valence-corrected chi connectivity index (χ4v) is 5.69. The van der Waals surface area contributed by atoms with Crippen LogP contribution in [0.25, 0.3) is 16.3 Å². The lowest BCUT2D eigenvalue weighted by Gasteiger charge is -2.55. The summed E-state index contributed by atoms with van der Waals surface area (Å²) in [6.07, 6.45) is -0.278. The first-order valence-corrected chi connectivity index (χ1v) is 11.4. The van der Waals surface area contributed by atoms with E-state index in [2.05, 4.69) is 15.3 Å². The summed E-state index contributed by atoms with van der Waals surface area (Å²) in [5.41, 5.74) is 1.25. The zero-order valence-corrected chi connectivity index (χ0v) is 18.9. The van der Waals surface area contributed by atoms with Crippen molar-refractivity contribution in [3.63, 3.8) is 0 Å². The summed E-state index contributed by atoms with van der Waals surface area (Å²) in [5, 5.41) is 24.1. The Balaban J connectivity index is 1.33. The van der Waals surface area contributed by atoms with Crippen LogP contribution in [0.2, 0.25) is 0 Å². The molecule has 5 unspecified atom stereocenters. The molecule has 1 N–H and O–H groups in total. The molecule has 5 rings (SSSR count). The maximum atomic E-state index is 14.7. The second kappa shape index (κ2) is 7.77. The number of aromatic hydroxyl groups is 1. The zero-order valence-electron chi connectivity index (χ0n) is 18.1. The predicted octanol–water partition coefficient (Wildman–Crippen LogP) is 4.09. The Morgan fingerprint density at radius 3 is 2.75 bits per heavy atom. The van der Waals surface area contributed by atoms with Crippen LogP contribution in [0.15, 0.2) is 30.5 Å². The van der Waals surface area contributed by atoms with Crippen LogP contribution in [-0.4, -0.2) is 67.1 Å². The molecule has 170 valence electrons. The van der Waals surface area contributed by atoms with Gasteiger partial charge in [0, 0.05) is 31.1 Å². The summed E-state index contributed by atoms with van der Waals surface area (Å²) < 4.78 is 36.6. The molecule has 5 atom stereocenters. The number of fused-ring (bicyclic) bond motifs is 2. The molecule has 4 heterocycles. The second-order valence-corrected chi connectivity index (χ2v) is 9.87. The molecule has 32 heavy (non-hydrogen) atoms. The van der Waals surface area contributed by atoms with Crippen LogP contribution < -0.4 is 4.74 Å². The van der Waals surface area contributed by atoms with Gasteiger partial charge >= 0.3 is 0 Å². The number of hydrogen-bond acceptors (Lipinski definition) is 7. The number of ether oxygens (including phenoxy) is 1. The van der Waals surface area contributed by atoms with Gasteiger partial charge in [0.2, 0.25) is 0 Å². The van der Waals surface area contributed by atoms with E-state index < -0.39 is 17.9 Å². The number of aromatic nitrogens is 4. The highest BCUT2D eigenvalue weighted by Gasteiger charge is 2.55. The van der Waals surface area contributed by atoms with Gasteiger partial charge in [0.05, 0.1) is 22.5 Å². The summed E-state index contributed by atoms with van der Waals surface area (Å²) in [4.78, 5) is 1.96. The molecule has 10 heteroatoms. The third kappa shape index (κ3) is 3.55. The van der Waals surface area contributed by atoms with E-state index in [0.717, 1.165) is 11.4 Å². The van der Waals surface area contributed by atoms with E-state index >= 15 is 0 Å². The molecule has 2 saturated heterocycles. The van der Waals surface area contributed by atoms with E-state index in [9.17, 15) is 13.9 Å². The van der Waals surface area contributed by atoms with Gasteiger partial charge in [-0.2, -0.15) is 5.10 Å². The number of hydrogen-bond donors (Lipinski definition) is 1. The van der Waals surface area contributed by atoms with E-state index in [0.29, 0.717) is 28.6 Å². The van der Waals surface area contributed by atoms with Gasteiger partial charge in [0.1, 0.15) is 24.2 Å². The Kier molecular flexibility index (Phi) is 5.16. The minimum absolute atomic E-state index is 0.0638. The lowest BCUT2D eigenvalue weighted by Crippen LogP contribution is -2.67. The molecule has 7 nitrogen and oxygen atoms in total. The number of phenols is 1. The maximum absolute atomic E-state index is 14.7. The van der Waals surface area contributed by atoms with Gasteiger partial charge in [-0.1, -0.05) is 16.4 Å². The molecule has 2 aliphatic rings. The topological polar surface area (TPSA) is 76.3 Å². The molecule has 0 saturated carbocycles. The highest BCUT2D eigenvalue weighted by atomic mass is 32.1. The quantitative estimate of drug-likeness (QED) is 0.631. The molecular weight excluding hydrogens is 436 g/mol. The number of aryl methyl sites for hydroxylation is 1. The van der Waals surface area contributed by atoms with Crippen LogP contribution in [0, 0.1) is 6.92 Å². The Bertz CT molecular complexity index is 1130. The van der Waals surface area contributed by atoms with Crippen molar-refractivity contribution >= 4 is 11.3 Å². The van der Waals surface area contributed by atoms with Gasteiger partial charge < -0.3 is 9.84 Å². The summed E-state index contributed by atoms with van der Waals surface area (Å²) >= 11 is 1.22. The van der Waals surface area contributed by atoms with Gasteiger partial charge in [-0.15, -0.1) is 5.10 Å². The van der Waals surface area contributed by atoms with E-state index in [1.54, 1.807) is 23.7 Å². The molecular formula is C22H25F2N5O2S. The molecule has 2 bridgehead atoms.